The lowest BCUT2D eigenvalue weighted by Gasteiger charge is -2.38. The molecule has 164 valence electrons. The van der Waals surface area contributed by atoms with Crippen LogP contribution in [0.15, 0.2) is 84.9 Å². The summed E-state index contributed by atoms with van der Waals surface area (Å²) in [6.45, 7) is 17.0. The Morgan fingerprint density at radius 1 is 0.548 bits per heavy atom. The van der Waals surface area contributed by atoms with Crippen LogP contribution in [0.25, 0.3) is 0 Å². The summed E-state index contributed by atoms with van der Waals surface area (Å²) in [4.78, 5) is 0. The average Bonchev–Trinajstić information content (AvgIpc) is 2.76. The lowest BCUT2D eigenvalue weighted by molar-refractivity contribution is 0.635. The van der Waals surface area contributed by atoms with Gasteiger partial charge >= 0.3 is 0 Å². The van der Waals surface area contributed by atoms with Gasteiger partial charge in [0.15, 0.2) is 0 Å². The Bertz CT molecular complexity index is 897. The molecule has 0 amide bonds. The van der Waals surface area contributed by atoms with E-state index in [1.54, 1.807) is 10.6 Å². The largest absolute Gasteiger partial charge is 0.115 e. The summed E-state index contributed by atoms with van der Waals surface area (Å²) in [5.41, 5.74) is 1.88. The molecule has 0 aliphatic heterocycles. The Balaban J connectivity index is 2.47. The first-order valence-electron chi connectivity index (χ1n) is 11.7. The highest BCUT2D eigenvalue weighted by molar-refractivity contribution is 7.97. The van der Waals surface area contributed by atoms with E-state index in [1.165, 1.54) is 10.6 Å². The van der Waals surface area contributed by atoms with E-state index in [0.717, 1.165) is 0 Å². The first-order valence-corrected chi connectivity index (χ1v) is 15.0. The van der Waals surface area contributed by atoms with Crippen LogP contribution < -0.4 is 21.2 Å². The fourth-order valence-corrected chi connectivity index (χ4v) is 13.9. The minimum Gasteiger partial charge on any atom is -0.0657 e. The highest BCUT2D eigenvalue weighted by atomic mass is 31.2. The maximum atomic E-state index is 2.50. The zero-order valence-corrected chi connectivity index (χ0v) is 22.1. The van der Waals surface area contributed by atoms with Gasteiger partial charge in [-0.1, -0.05) is 104 Å². The fraction of sp³-hybridized carbons (Fsp3) is 0.379. The molecular weight excluding hydrogens is 410 g/mol. The van der Waals surface area contributed by atoms with Crippen LogP contribution in [0.4, 0.5) is 0 Å². The van der Waals surface area contributed by atoms with Gasteiger partial charge in [0, 0.05) is 5.30 Å². The first-order chi connectivity index (χ1) is 14.8. The van der Waals surface area contributed by atoms with Crippen molar-refractivity contribution in [3.05, 3.63) is 84.9 Å². The van der Waals surface area contributed by atoms with Gasteiger partial charge in [-0.05, 0) is 54.5 Å². The molecule has 0 bridgehead atoms. The predicted octanol–water partition coefficient (Wildman–Crippen LogP) is 6.95. The molecule has 0 heterocycles. The van der Waals surface area contributed by atoms with Crippen molar-refractivity contribution in [1.82, 2.24) is 0 Å². The van der Waals surface area contributed by atoms with E-state index in [1.807, 2.05) is 0 Å². The van der Waals surface area contributed by atoms with E-state index in [0.29, 0.717) is 22.9 Å². The molecule has 0 aromatic heterocycles. The van der Waals surface area contributed by atoms with Crippen LogP contribution >= 0.6 is 15.2 Å². The van der Waals surface area contributed by atoms with Crippen LogP contribution in [0.5, 0.6) is 0 Å². The second kappa shape index (κ2) is 10.4. The second-order valence-electron chi connectivity index (χ2n) is 9.46. The molecule has 0 saturated heterocycles. The summed E-state index contributed by atoms with van der Waals surface area (Å²) in [5.74, 6) is 0.589. The Hall–Kier alpha value is -1.48. The number of hydrogen-bond donors (Lipinski definition) is 0. The number of rotatable bonds is 8. The molecule has 0 nitrogen and oxygen atoms in total. The lowest BCUT2D eigenvalue weighted by atomic mass is 10.1. The second-order valence-corrected chi connectivity index (χ2v) is 16.6. The van der Waals surface area contributed by atoms with Gasteiger partial charge < -0.3 is 0 Å². The SMILES string of the molecule is CC(C)[C@@H](C)[P+](c1ccccc1)(c1ccccc1)c1ccccc1P(C(C)C)C(C)C. The maximum Gasteiger partial charge on any atom is 0.115 e. The standard InChI is InChI=1S/C29H39P2/c1-22(2)25(7)31(26-16-10-8-11-17-26,27-18-12-9-13-19-27)29-21-15-14-20-28(29)30(23(3)4)24(5)6/h8-25H,1-7H3/q+1/t25-/m1/s1. The molecule has 0 radical (unpaired) electrons. The van der Waals surface area contributed by atoms with Crippen molar-refractivity contribution >= 4 is 36.4 Å². The molecular formula is C29H39P2+. The molecule has 0 N–H and O–H groups in total. The lowest BCUT2D eigenvalue weighted by Crippen LogP contribution is -2.45. The van der Waals surface area contributed by atoms with Gasteiger partial charge in [-0.15, -0.1) is 0 Å². The van der Waals surface area contributed by atoms with E-state index in [9.17, 15) is 0 Å². The highest BCUT2D eigenvalue weighted by Gasteiger charge is 2.53. The molecule has 0 aliphatic rings. The molecule has 0 aliphatic carbocycles. The van der Waals surface area contributed by atoms with Gasteiger partial charge in [0.25, 0.3) is 0 Å². The Labute approximate surface area is 192 Å². The van der Waals surface area contributed by atoms with Crippen molar-refractivity contribution in [3.63, 3.8) is 0 Å². The summed E-state index contributed by atoms with van der Waals surface area (Å²) in [5, 5.41) is 6.26. The molecule has 31 heavy (non-hydrogen) atoms. The summed E-state index contributed by atoms with van der Waals surface area (Å²) in [6.07, 6.45) is 0. The molecule has 2 heteroatoms. The Morgan fingerprint density at radius 2 is 0.968 bits per heavy atom. The molecule has 0 saturated carbocycles. The zero-order chi connectivity index (χ0) is 22.6. The summed E-state index contributed by atoms with van der Waals surface area (Å²) < 4.78 is 0. The molecule has 0 unspecified atom stereocenters. The van der Waals surface area contributed by atoms with Gasteiger partial charge in [-0.3, -0.25) is 0 Å². The monoisotopic (exact) mass is 449 g/mol. The van der Waals surface area contributed by atoms with E-state index in [2.05, 4.69) is 133 Å². The van der Waals surface area contributed by atoms with Gasteiger partial charge in [-0.25, -0.2) is 0 Å². The third-order valence-electron chi connectivity index (χ3n) is 6.56. The normalized spacial score (nSPS) is 13.4. The van der Waals surface area contributed by atoms with Crippen molar-refractivity contribution in [2.24, 2.45) is 5.92 Å². The molecule has 0 spiro atoms. The van der Waals surface area contributed by atoms with Crippen LogP contribution in [0.2, 0.25) is 0 Å². The quantitative estimate of drug-likeness (QED) is 0.327. The smallest absolute Gasteiger partial charge is 0.0657 e. The number of benzene rings is 3. The highest BCUT2D eigenvalue weighted by Crippen LogP contribution is 2.62. The van der Waals surface area contributed by atoms with Crippen molar-refractivity contribution in [2.45, 2.75) is 65.4 Å². The van der Waals surface area contributed by atoms with Crippen LogP contribution in [0.1, 0.15) is 48.5 Å². The van der Waals surface area contributed by atoms with Gasteiger partial charge in [0.2, 0.25) is 0 Å². The molecule has 0 fully saturated rings. The van der Waals surface area contributed by atoms with Gasteiger partial charge in [-0.2, -0.15) is 0 Å². The molecule has 1 atom stereocenters. The minimum atomic E-state index is -1.86. The van der Waals surface area contributed by atoms with Crippen LogP contribution in [0.3, 0.4) is 0 Å². The van der Waals surface area contributed by atoms with Gasteiger partial charge in [0.1, 0.15) is 23.2 Å². The van der Waals surface area contributed by atoms with Crippen LogP contribution in [0, 0.1) is 5.92 Å². The average molecular weight is 450 g/mol. The Kier molecular flexibility index (Phi) is 8.13. The van der Waals surface area contributed by atoms with Crippen LogP contribution in [-0.4, -0.2) is 17.0 Å². The van der Waals surface area contributed by atoms with Crippen molar-refractivity contribution in [2.75, 3.05) is 0 Å². The Morgan fingerprint density at radius 3 is 1.39 bits per heavy atom. The first kappa shape index (κ1) is 24.2. The van der Waals surface area contributed by atoms with Crippen molar-refractivity contribution < 1.29 is 0 Å². The predicted molar refractivity (Wildman–Crippen MR) is 146 cm³/mol. The van der Waals surface area contributed by atoms with Crippen LogP contribution in [-0.2, 0) is 0 Å². The molecule has 3 aromatic rings. The minimum absolute atomic E-state index is 0.256. The van der Waals surface area contributed by atoms with Crippen molar-refractivity contribution in [3.8, 4) is 0 Å². The maximum absolute atomic E-state index is 2.50. The van der Waals surface area contributed by atoms with E-state index < -0.39 is 7.26 Å². The number of hydrogen-bond acceptors (Lipinski definition) is 0. The fourth-order valence-electron chi connectivity index (χ4n) is 5.02. The van der Waals surface area contributed by atoms with E-state index in [-0.39, 0.29) is 7.92 Å². The summed E-state index contributed by atoms with van der Waals surface area (Å²) in [7, 11) is -2.11. The third kappa shape index (κ3) is 4.67. The van der Waals surface area contributed by atoms with Crippen molar-refractivity contribution in [1.29, 1.82) is 0 Å². The van der Waals surface area contributed by atoms with E-state index >= 15 is 0 Å². The summed E-state index contributed by atoms with van der Waals surface area (Å²) >= 11 is 0. The van der Waals surface area contributed by atoms with E-state index in [4.69, 9.17) is 0 Å². The molecule has 3 aromatic carbocycles. The molecule has 3 rings (SSSR count). The topological polar surface area (TPSA) is 0 Å². The summed E-state index contributed by atoms with van der Waals surface area (Å²) in [6, 6.07) is 32.3. The zero-order valence-electron chi connectivity index (χ0n) is 20.3. The van der Waals surface area contributed by atoms with Gasteiger partial charge in [0.05, 0.1) is 5.66 Å². The third-order valence-corrected chi connectivity index (χ3v) is 15.1.